The molecule has 35 heavy (non-hydrogen) atoms. The summed E-state index contributed by atoms with van der Waals surface area (Å²) in [6.45, 7) is 1.29. The molecule has 0 spiro atoms. The molecule has 2 aliphatic rings. The second-order valence-corrected chi connectivity index (χ2v) is 10.5. The van der Waals surface area contributed by atoms with Gasteiger partial charge in [-0.2, -0.15) is 17.4 Å². The molecule has 2 saturated heterocycles. The molecule has 0 saturated carbocycles. The molecule has 0 aromatic heterocycles. The van der Waals surface area contributed by atoms with Crippen LogP contribution in [0.3, 0.4) is 0 Å². The van der Waals surface area contributed by atoms with E-state index in [1.807, 2.05) is 30.3 Å². The van der Waals surface area contributed by atoms with Gasteiger partial charge < -0.3 is 15.4 Å². The number of hydrogen-bond acceptors (Lipinski definition) is 5. The molecule has 2 aromatic carbocycles. The largest absolute Gasteiger partial charge is 0.380 e. The van der Waals surface area contributed by atoms with Crippen LogP contribution >= 0.6 is 0 Å². The van der Waals surface area contributed by atoms with Crippen molar-refractivity contribution < 1.29 is 27.1 Å². The van der Waals surface area contributed by atoms with Gasteiger partial charge in [0, 0.05) is 43.8 Å². The van der Waals surface area contributed by atoms with Gasteiger partial charge >= 0.3 is 0 Å². The Morgan fingerprint density at radius 2 is 1.80 bits per heavy atom. The number of rotatable bonds is 9. The fourth-order valence-corrected chi connectivity index (χ4v) is 5.66. The third-order valence-electron chi connectivity index (χ3n) is 6.09. The van der Waals surface area contributed by atoms with Crippen molar-refractivity contribution in [2.45, 2.75) is 37.4 Å². The summed E-state index contributed by atoms with van der Waals surface area (Å²) < 4.78 is 47.8. The van der Waals surface area contributed by atoms with Gasteiger partial charge in [0.1, 0.15) is 11.9 Å². The van der Waals surface area contributed by atoms with Crippen molar-refractivity contribution in [2.75, 3.05) is 26.3 Å². The molecular weight excluding hydrogens is 475 g/mol. The first-order valence-corrected chi connectivity index (χ1v) is 13.0. The number of amides is 2. The second kappa shape index (κ2) is 11.3. The average Bonchev–Trinajstić information content (AvgIpc) is 3.52. The second-order valence-electron chi connectivity index (χ2n) is 8.76. The van der Waals surface area contributed by atoms with E-state index in [1.54, 1.807) is 0 Å². The summed E-state index contributed by atoms with van der Waals surface area (Å²) in [5, 5.41) is 5.62. The van der Waals surface area contributed by atoms with E-state index in [9.17, 15) is 22.4 Å². The van der Waals surface area contributed by atoms with Gasteiger partial charge in [0.15, 0.2) is 0 Å². The predicted octanol–water partition coefficient (Wildman–Crippen LogP) is 0.981. The first kappa shape index (κ1) is 25.2. The maximum absolute atomic E-state index is 13.2. The average molecular weight is 505 g/mol. The highest BCUT2D eigenvalue weighted by Crippen LogP contribution is 2.16. The predicted molar refractivity (Wildman–Crippen MR) is 127 cm³/mol. The van der Waals surface area contributed by atoms with Gasteiger partial charge in [-0.1, -0.05) is 30.3 Å². The molecule has 11 heteroatoms. The van der Waals surface area contributed by atoms with E-state index in [0.717, 1.165) is 5.56 Å². The molecule has 9 nitrogen and oxygen atoms in total. The highest BCUT2D eigenvalue weighted by Gasteiger charge is 2.35. The Balaban J connectivity index is 1.40. The maximum Gasteiger partial charge on any atom is 0.279 e. The zero-order valence-corrected chi connectivity index (χ0v) is 20.0. The zero-order chi connectivity index (χ0) is 24.8. The van der Waals surface area contributed by atoms with E-state index in [-0.39, 0.29) is 37.2 Å². The van der Waals surface area contributed by atoms with Crippen molar-refractivity contribution in [3.8, 4) is 0 Å². The number of benzene rings is 2. The zero-order valence-electron chi connectivity index (χ0n) is 19.2. The van der Waals surface area contributed by atoms with Crippen LogP contribution in [0.2, 0.25) is 0 Å². The normalized spacial score (nSPS) is 21.5. The lowest BCUT2D eigenvalue weighted by molar-refractivity contribution is -0.123. The Bertz CT molecular complexity index is 1120. The molecule has 3 atom stereocenters. The van der Waals surface area contributed by atoms with Gasteiger partial charge in [0.2, 0.25) is 5.91 Å². The molecule has 2 fully saturated rings. The molecule has 0 aliphatic carbocycles. The maximum atomic E-state index is 13.2. The van der Waals surface area contributed by atoms with Crippen LogP contribution in [0.15, 0.2) is 54.6 Å². The summed E-state index contributed by atoms with van der Waals surface area (Å²) in [4.78, 5) is 25.9. The van der Waals surface area contributed by atoms with Gasteiger partial charge in [0.25, 0.3) is 16.1 Å². The Labute approximate surface area is 204 Å². The minimum atomic E-state index is -3.69. The Morgan fingerprint density at radius 1 is 1.06 bits per heavy atom. The van der Waals surface area contributed by atoms with Crippen molar-refractivity contribution in [3.05, 3.63) is 71.5 Å². The first-order chi connectivity index (χ1) is 16.8. The Hall–Kier alpha value is -2.86. The van der Waals surface area contributed by atoms with E-state index in [0.29, 0.717) is 26.1 Å². The van der Waals surface area contributed by atoms with E-state index in [2.05, 4.69) is 15.4 Å². The van der Waals surface area contributed by atoms with Crippen molar-refractivity contribution in [3.63, 3.8) is 0 Å². The molecular formula is C24H29FN4O5S. The van der Waals surface area contributed by atoms with Crippen molar-refractivity contribution in [2.24, 2.45) is 0 Å². The lowest BCUT2D eigenvalue weighted by atomic mass is 10.0. The number of halogens is 1. The number of carbonyl (C=O) groups is 2. The summed E-state index contributed by atoms with van der Waals surface area (Å²) in [5.41, 5.74) is 1.09. The standard InChI is InChI=1S/C24H29FN4O5S/c25-19-8-6-18(7-9-19)23(30)27-22(14-17-4-2-1-3-5-17)24(31)26-20-10-12-29(15-20)35(32,33)28-21-11-13-34-16-21/h1-9,20-22,28H,10-16H2,(H,26,31)(H,27,30)/t20-,21?,22+/m1/s1. The molecule has 4 rings (SSSR count). The third kappa shape index (κ3) is 6.85. The molecule has 2 aliphatic heterocycles. The fraction of sp³-hybridized carbons (Fsp3) is 0.417. The molecule has 2 heterocycles. The summed E-state index contributed by atoms with van der Waals surface area (Å²) >= 11 is 0. The number of carbonyl (C=O) groups excluding carboxylic acids is 2. The van der Waals surface area contributed by atoms with E-state index in [1.165, 1.54) is 28.6 Å². The molecule has 0 bridgehead atoms. The summed E-state index contributed by atoms with van der Waals surface area (Å²) in [5.74, 6) is -1.37. The van der Waals surface area contributed by atoms with E-state index in [4.69, 9.17) is 4.74 Å². The monoisotopic (exact) mass is 504 g/mol. The molecule has 2 amide bonds. The van der Waals surface area contributed by atoms with Gasteiger partial charge in [-0.3, -0.25) is 9.59 Å². The van der Waals surface area contributed by atoms with Crippen LogP contribution in [-0.2, 0) is 26.2 Å². The van der Waals surface area contributed by atoms with Gasteiger partial charge in [-0.25, -0.2) is 4.39 Å². The van der Waals surface area contributed by atoms with Crippen LogP contribution in [0.25, 0.3) is 0 Å². The van der Waals surface area contributed by atoms with E-state index >= 15 is 0 Å². The number of ether oxygens (including phenoxy) is 1. The molecule has 0 radical (unpaired) electrons. The smallest absolute Gasteiger partial charge is 0.279 e. The Morgan fingerprint density at radius 3 is 2.49 bits per heavy atom. The van der Waals surface area contributed by atoms with Crippen molar-refractivity contribution >= 4 is 22.0 Å². The topological polar surface area (TPSA) is 117 Å². The van der Waals surface area contributed by atoms with Gasteiger partial charge in [-0.15, -0.1) is 0 Å². The minimum absolute atomic E-state index is 0.138. The lowest BCUT2D eigenvalue weighted by Gasteiger charge is -2.22. The minimum Gasteiger partial charge on any atom is -0.380 e. The van der Waals surface area contributed by atoms with Crippen LogP contribution in [0.1, 0.15) is 28.8 Å². The van der Waals surface area contributed by atoms with Crippen molar-refractivity contribution in [1.29, 1.82) is 0 Å². The number of hydrogen-bond donors (Lipinski definition) is 3. The third-order valence-corrected chi connectivity index (χ3v) is 7.74. The van der Waals surface area contributed by atoms with E-state index < -0.39 is 33.9 Å². The fourth-order valence-electron chi connectivity index (χ4n) is 4.18. The molecule has 3 N–H and O–H groups in total. The summed E-state index contributed by atoms with van der Waals surface area (Å²) in [6, 6.07) is 12.8. The van der Waals surface area contributed by atoms with Gasteiger partial charge in [-0.05, 0) is 42.7 Å². The lowest BCUT2D eigenvalue weighted by Crippen LogP contribution is -2.52. The van der Waals surface area contributed by atoms with Gasteiger partial charge in [0.05, 0.1) is 6.61 Å². The number of nitrogens with zero attached hydrogens (tertiary/aromatic N) is 1. The molecule has 1 unspecified atom stereocenters. The van der Waals surface area contributed by atoms with Crippen LogP contribution in [0.5, 0.6) is 0 Å². The highest BCUT2D eigenvalue weighted by molar-refractivity contribution is 7.87. The first-order valence-electron chi connectivity index (χ1n) is 11.6. The SMILES string of the molecule is O=C(N[C@@H](Cc1ccccc1)C(=O)N[C@@H]1CCN(S(=O)(=O)NC2CCOC2)C1)c1ccc(F)cc1. The highest BCUT2D eigenvalue weighted by atomic mass is 32.2. The quantitative estimate of drug-likeness (QED) is 0.471. The van der Waals surface area contributed by atoms with Crippen LogP contribution in [-0.4, -0.2) is 69.0 Å². The summed E-state index contributed by atoms with van der Waals surface area (Å²) in [6.07, 6.45) is 1.33. The van der Waals surface area contributed by atoms with Crippen LogP contribution in [0.4, 0.5) is 4.39 Å². The number of nitrogens with one attached hydrogen (secondary N) is 3. The molecule has 188 valence electrons. The Kier molecular flexibility index (Phi) is 8.11. The van der Waals surface area contributed by atoms with Crippen LogP contribution in [0, 0.1) is 5.82 Å². The van der Waals surface area contributed by atoms with Crippen molar-refractivity contribution in [1.82, 2.24) is 19.7 Å². The molecule has 2 aromatic rings. The van der Waals surface area contributed by atoms with Crippen LogP contribution < -0.4 is 15.4 Å². The summed E-state index contributed by atoms with van der Waals surface area (Å²) in [7, 11) is -3.69.